The van der Waals surface area contributed by atoms with Crippen LogP contribution in [0, 0.1) is 11.3 Å². The third-order valence-corrected chi connectivity index (χ3v) is 6.12. The average Bonchev–Trinajstić information content (AvgIpc) is 3.02. The summed E-state index contributed by atoms with van der Waals surface area (Å²) < 4.78 is 5.42. The summed E-state index contributed by atoms with van der Waals surface area (Å²) in [5, 5.41) is 2.56. The first-order valence-electron chi connectivity index (χ1n) is 8.35. The number of urea groups is 1. The summed E-state index contributed by atoms with van der Waals surface area (Å²) in [6, 6.07) is -0.183. The third-order valence-electron chi connectivity index (χ3n) is 6.12. The van der Waals surface area contributed by atoms with Gasteiger partial charge in [-0.05, 0) is 37.5 Å². The molecule has 4 fully saturated rings. The van der Waals surface area contributed by atoms with Gasteiger partial charge in [-0.3, -0.25) is 10.1 Å². The molecule has 0 unspecified atom stereocenters. The lowest BCUT2D eigenvalue weighted by Gasteiger charge is -2.58. The number of hydrogen-bond acceptors (Lipinski definition) is 3. The van der Waals surface area contributed by atoms with Gasteiger partial charge in [0.25, 0.3) is 5.91 Å². The first-order valence-corrected chi connectivity index (χ1v) is 8.35. The van der Waals surface area contributed by atoms with Crippen LogP contribution in [-0.2, 0) is 9.53 Å². The summed E-state index contributed by atoms with van der Waals surface area (Å²) >= 11 is 0. The molecule has 2 spiro atoms. The molecule has 5 nitrogen and oxygen atoms in total. The number of rotatable bonds is 2. The Labute approximate surface area is 125 Å². The summed E-state index contributed by atoms with van der Waals surface area (Å²) in [5.41, 5.74) is -0.193. The van der Waals surface area contributed by atoms with Gasteiger partial charge in [0.2, 0.25) is 0 Å². The second-order valence-electron chi connectivity index (χ2n) is 7.55. The summed E-state index contributed by atoms with van der Waals surface area (Å²) in [6.07, 6.45) is 9.11. The van der Waals surface area contributed by atoms with Crippen molar-refractivity contribution in [1.29, 1.82) is 0 Å². The van der Waals surface area contributed by atoms with Crippen molar-refractivity contribution < 1.29 is 14.3 Å². The fourth-order valence-electron chi connectivity index (χ4n) is 5.04. The molecule has 4 rings (SSSR count). The van der Waals surface area contributed by atoms with Crippen LogP contribution in [0.2, 0.25) is 0 Å². The highest BCUT2D eigenvalue weighted by Crippen LogP contribution is 2.60. The average molecular weight is 292 g/mol. The molecule has 0 radical (unpaired) electrons. The van der Waals surface area contributed by atoms with Crippen LogP contribution < -0.4 is 5.32 Å². The Morgan fingerprint density at radius 1 is 1.19 bits per heavy atom. The van der Waals surface area contributed by atoms with E-state index in [0.717, 1.165) is 32.5 Å². The van der Waals surface area contributed by atoms with Gasteiger partial charge in [-0.2, -0.15) is 0 Å². The van der Waals surface area contributed by atoms with Crippen LogP contribution >= 0.6 is 0 Å². The van der Waals surface area contributed by atoms with E-state index < -0.39 is 5.54 Å². The predicted octanol–water partition coefficient (Wildman–Crippen LogP) is 2.06. The second-order valence-corrected chi connectivity index (χ2v) is 7.55. The first-order chi connectivity index (χ1) is 10.1. The summed E-state index contributed by atoms with van der Waals surface area (Å²) in [5.74, 6) is 0.337. The smallest absolute Gasteiger partial charge is 0.325 e. The Kier molecular flexibility index (Phi) is 3.03. The standard InChI is InChI=1S/C16H24N2O3/c19-13-16(10-15(11-16)5-2-1-3-6-15)18(14(20)17-13)8-12-4-7-21-9-12/h12H,1-11H2,(H,17,19,20)/t12-/m1/s1. The Hall–Kier alpha value is -1.10. The van der Waals surface area contributed by atoms with Crippen LogP contribution in [0.3, 0.4) is 0 Å². The van der Waals surface area contributed by atoms with E-state index in [1.54, 1.807) is 0 Å². The fraction of sp³-hybridized carbons (Fsp3) is 0.875. The lowest BCUT2D eigenvalue weighted by Crippen LogP contribution is -2.64. The van der Waals surface area contributed by atoms with E-state index in [1.807, 2.05) is 4.90 Å². The summed E-state index contributed by atoms with van der Waals surface area (Å²) in [7, 11) is 0. The van der Waals surface area contributed by atoms with Crippen LogP contribution in [0.25, 0.3) is 0 Å². The van der Waals surface area contributed by atoms with E-state index in [-0.39, 0.29) is 11.9 Å². The molecular formula is C16H24N2O3. The van der Waals surface area contributed by atoms with Gasteiger partial charge >= 0.3 is 6.03 Å². The maximum absolute atomic E-state index is 12.4. The molecule has 2 heterocycles. The maximum atomic E-state index is 12.4. The highest BCUT2D eigenvalue weighted by atomic mass is 16.5. The van der Waals surface area contributed by atoms with Crippen molar-refractivity contribution in [3.63, 3.8) is 0 Å². The quantitative estimate of drug-likeness (QED) is 0.793. The van der Waals surface area contributed by atoms with E-state index in [1.165, 1.54) is 32.1 Å². The predicted molar refractivity (Wildman–Crippen MR) is 76.7 cm³/mol. The van der Waals surface area contributed by atoms with E-state index in [9.17, 15) is 9.59 Å². The molecule has 1 atom stereocenters. The van der Waals surface area contributed by atoms with Gasteiger partial charge in [0.1, 0.15) is 5.54 Å². The van der Waals surface area contributed by atoms with Crippen LogP contribution in [0.1, 0.15) is 51.4 Å². The molecule has 2 aliphatic carbocycles. The van der Waals surface area contributed by atoms with E-state index >= 15 is 0 Å². The second kappa shape index (κ2) is 4.70. The molecule has 4 aliphatic rings. The molecule has 21 heavy (non-hydrogen) atoms. The zero-order valence-electron chi connectivity index (χ0n) is 12.5. The van der Waals surface area contributed by atoms with Crippen molar-refractivity contribution in [3.8, 4) is 0 Å². The van der Waals surface area contributed by atoms with Gasteiger partial charge in [0.05, 0.1) is 6.61 Å². The number of carbonyl (C=O) groups is 2. The maximum Gasteiger partial charge on any atom is 0.325 e. The van der Waals surface area contributed by atoms with Crippen LogP contribution in [0.4, 0.5) is 4.79 Å². The van der Waals surface area contributed by atoms with Gasteiger partial charge in [-0.15, -0.1) is 0 Å². The molecule has 116 valence electrons. The summed E-state index contributed by atoms with van der Waals surface area (Å²) in [4.78, 5) is 26.4. The number of amides is 3. The minimum absolute atomic E-state index is 0.0531. The molecule has 3 amide bonds. The highest BCUT2D eigenvalue weighted by Gasteiger charge is 2.65. The zero-order chi connectivity index (χ0) is 14.5. The molecular weight excluding hydrogens is 268 g/mol. The van der Waals surface area contributed by atoms with Crippen molar-refractivity contribution in [1.82, 2.24) is 10.2 Å². The Morgan fingerprint density at radius 3 is 2.62 bits per heavy atom. The zero-order valence-corrected chi connectivity index (χ0v) is 12.5. The molecule has 2 saturated carbocycles. The normalized spacial score (nSPS) is 33.5. The van der Waals surface area contributed by atoms with E-state index in [0.29, 0.717) is 17.9 Å². The number of nitrogens with one attached hydrogen (secondary N) is 1. The highest BCUT2D eigenvalue weighted by molar-refractivity contribution is 6.07. The number of hydrogen-bond donors (Lipinski definition) is 1. The molecule has 1 N–H and O–H groups in total. The van der Waals surface area contributed by atoms with E-state index in [2.05, 4.69) is 5.32 Å². The van der Waals surface area contributed by atoms with Crippen LogP contribution in [0.15, 0.2) is 0 Å². The molecule has 0 bridgehead atoms. The van der Waals surface area contributed by atoms with Crippen molar-refractivity contribution in [3.05, 3.63) is 0 Å². The Morgan fingerprint density at radius 2 is 1.95 bits per heavy atom. The Bertz CT molecular complexity index is 456. The van der Waals surface area contributed by atoms with Crippen LogP contribution in [-0.4, -0.2) is 42.1 Å². The van der Waals surface area contributed by atoms with Gasteiger partial charge in [0.15, 0.2) is 0 Å². The molecule has 5 heteroatoms. The van der Waals surface area contributed by atoms with Gasteiger partial charge in [0, 0.05) is 19.1 Å². The SMILES string of the molecule is O=C1NC(=O)C2(CC3(CCCCC3)C2)N1C[C@H]1CCOC1. The summed E-state index contributed by atoms with van der Waals surface area (Å²) in [6.45, 7) is 2.18. The number of imide groups is 1. The van der Waals surface area contributed by atoms with Crippen molar-refractivity contribution in [2.24, 2.45) is 11.3 Å². The van der Waals surface area contributed by atoms with Gasteiger partial charge < -0.3 is 9.64 Å². The van der Waals surface area contributed by atoms with Gasteiger partial charge in [-0.1, -0.05) is 19.3 Å². The van der Waals surface area contributed by atoms with E-state index in [4.69, 9.17) is 4.74 Å². The molecule has 0 aromatic rings. The number of nitrogens with zero attached hydrogens (tertiary/aromatic N) is 1. The topological polar surface area (TPSA) is 58.6 Å². The number of carbonyl (C=O) groups excluding carboxylic acids is 2. The van der Waals surface area contributed by atoms with Gasteiger partial charge in [-0.25, -0.2) is 4.79 Å². The molecule has 0 aromatic carbocycles. The molecule has 2 aliphatic heterocycles. The number of ether oxygens (including phenoxy) is 1. The fourth-order valence-corrected chi connectivity index (χ4v) is 5.04. The van der Waals surface area contributed by atoms with Crippen molar-refractivity contribution in [2.75, 3.05) is 19.8 Å². The lowest BCUT2D eigenvalue weighted by atomic mass is 9.51. The molecule has 2 saturated heterocycles. The van der Waals surface area contributed by atoms with Crippen molar-refractivity contribution >= 4 is 11.9 Å². The monoisotopic (exact) mass is 292 g/mol. The minimum atomic E-state index is -0.531. The Balaban J connectivity index is 1.51. The molecule has 0 aromatic heterocycles. The van der Waals surface area contributed by atoms with Crippen LogP contribution in [0.5, 0.6) is 0 Å². The third kappa shape index (κ3) is 2.00. The largest absolute Gasteiger partial charge is 0.381 e. The lowest BCUT2D eigenvalue weighted by molar-refractivity contribution is -0.144. The van der Waals surface area contributed by atoms with Crippen molar-refractivity contribution in [2.45, 2.75) is 56.9 Å². The first kappa shape index (κ1) is 13.6. The minimum Gasteiger partial charge on any atom is -0.381 e.